The van der Waals surface area contributed by atoms with E-state index >= 15 is 0 Å². The van der Waals surface area contributed by atoms with Crippen LogP contribution in [0, 0.1) is 0 Å². The van der Waals surface area contributed by atoms with Crippen LogP contribution in [0.15, 0.2) is 25.0 Å². The lowest BCUT2D eigenvalue weighted by Crippen LogP contribution is -2.48. The average Bonchev–Trinajstić information content (AvgIpc) is 2.53. The normalized spacial score (nSPS) is 18.1. The number of nitrogens with zero attached hydrogens (tertiary/aromatic N) is 3. The fourth-order valence-corrected chi connectivity index (χ4v) is 2.23. The molecule has 0 spiro atoms. The zero-order chi connectivity index (χ0) is 15.1. The Balaban J connectivity index is 1.88. The Morgan fingerprint density at radius 3 is 3.00 bits per heavy atom. The summed E-state index contributed by atoms with van der Waals surface area (Å²) in [6.07, 6.45) is 7.89. The number of piperidine rings is 1. The molecule has 0 bridgehead atoms. The number of hydrogen-bond donors (Lipinski definition) is 1. The molecule has 2 amide bonds. The van der Waals surface area contributed by atoms with Gasteiger partial charge < -0.3 is 15.0 Å². The van der Waals surface area contributed by atoms with Crippen molar-refractivity contribution in [2.75, 3.05) is 19.6 Å². The third-order valence-corrected chi connectivity index (χ3v) is 3.42. The zero-order valence-corrected chi connectivity index (χ0v) is 12.4. The van der Waals surface area contributed by atoms with Gasteiger partial charge in [0.1, 0.15) is 6.10 Å². The molecular weight excluding hydrogens is 268 g/mol. The van der Waals surface area contributed by atoms with Gasteiger partial charge >= 0.3 is 12.0 Å². The molecule has 2 heterocycles. The Hall–Kier alpha value is -2.11. The van der Waals surface area contributed by atoms with Gasteiger partial charge in [0.2, 0.25) is 0 Å². The molecule has 21 heavy (non-hydrogen) atoms. The van der Waals surface area contributed by atoms with Crippen molar-refractivity contribution in [2.45, 2.75) is 32.3 Å². The topological polar surface area (TPSA) is 67.4 Å². The lowest BCUT2D eigenvalue weighted by Gasteiger charge is -2.32. The summed E-state index contributed by atoms with van der Waals surface area (Å²) in [5.41, 5.74) is 1.08. The van der Waals surface area contributed by atoms with Crippen LogP contribution in [0.4, 0.5) is 4.79 Å². The van der Waals surface area contributed by atoms with Gasteiger partial charge in [0.25, 0.3) is 0 Å². The molecule has 1 unspecified atom stereocenters. The maximum atomic E-state index is 11.9. The van der Waals surface area contributed by atoms with Crippen molar-refractivity contribution in [2.24, 2.45) is 0 Å². The van der Waals surface area contributed by atoms with E-state index in [-0.39, 0.29) is 12.1 Å². The molecule has 0 aliphatic carbocycles. The number of likely N-dealkylation sites (tertiary alicyclic amines) is 1. The Morgan fingerprint density at radius 1 is 1.57 bits per heavy atom. The molecule has 1 aliphatic rings. The number of carbonyl (C=O) groups excluding carboxylic acids is 1. The molecule has 1 aromatic heterocycles. The SMILES string of the molecule is C=CCNC(=O)N1CCCC(Oc2ncc(CC)cn2)C1. The zero-order valence-electron chi connectivity index (χ0n) is 12.4. The number of nitrogens with one attached hydrogen (secondary N) is 1. The van der Waals surface area contributed by atoms with Crippen molar-refractivity contribution < 1.29 is 9.53 Å². The second kappa shape index (κ2) is 7.61. The van der Waals surface area contributed by atoms with Crippen LogP contribution in [-0.4, -0.2) is 46.6 Å². The van der Waals surface area contributed by atoms with Crippen LogP contribution in [0.1, 0.15) is 25.3 Å². The highest BCUT2D eigenvalue weighted by Crippen LogP contribution is 2.15. The quantitative estimate of drug-likeness (QED) is 0.839. The fourth-order valence-electron chi connectivity index (χ4n) is 2.23. The third-order valence-electron chi connectivity index (χ3n) is 3.42. The molecule has 0 saturated carbocycles. The Bertz CT molecular complexity index is 475. The molecular formula is C15H22N4O2. The summed E-state index contributed by atoms with van der Waals surface area (Å²) < 4.78 is 5.78. The first kappa shape index (κ1) is 15.3. The van der Waals surface area contributed by atoms with E-state index in [0.29, 0.717) is 19.1 Å². The van der Waals surface area contributed by atoms with E-state index in [1.807, 2.05) is 0 Å². The van der Waals surface area contributed by atoms with Crippen molar-refractivity contribution in [3.63, 3.8) is 0 Å². The summed E-state index contributed by atoms with van der Waals surface area (Å²) in [6.45, 7) is 7.42. The maximum Gasteiger partial charge on any atom is 0.317 e. The molecule has 1 atom stereocenters. The molecule has 1 aromatic rings. The largest absolute Gasteiger partial charge is 0.458 e. The van der Waals surface area contributed by atoms with E-state index in [9.17, 15) is 4.79 Å². The first-order valence-corrected chi connectivity index (χ1v) is 7.34. The predicted molar refractivity (Wildman–Crippen MR) is 80.2 cm³/mol. The van der Waals surface area contributed by atoms with Crippen LogP contribution >= 0.6 is 0 Å². The first-order valence-electron chi connectivity index (χ1n) is 7.34. The fraction of sp³-hybridized carbons (Fsp3) is 0.533. The van der Waals surface area contributed by atoms with Crippen molar-refractivity contribution in [3.8, 4) is 6.01 Å². The highest BCUT2D eigenvalue weighted by atomic mass is 16.5. The highest BCUT2D eigenvalue weighted by Gasteiger charge is 2.25. The Morgan fingerprint density at radius 2 is 2.33 bits per heavy atom. The number of urea groups is 1. The van der Waals surface area contributed by atoms with Gasteiger partial charge in [-0.15, -0.1) is 6.58 Å². The van der Waals surface area contributed by atoms with Crippen molar-refractivity contribution in [3.05, 3.63) is 30.6 Å². The van der Waals surface area contributed by atoms with Crippen molar-refractivity contribution in [1.29, 1.82) is 0 Å². The van der Waals surface area contributed by atoms with Gasteiger partial charge in [-0.2, -0.15) is 0 Å². The molecule has 0 aromatic carbocycles. The smallest absolute Gasteiger partial charge is 0.317 e. The molecule has 6 heteroatoms. The molecule has 6 nitrogen and oxygen atoms in total. The summed E-state index contributed by atoms with van der Waals surface area (Å²) in [5.74, 6) is 0. The maximum absolute atomic E-state index is 11.9. The summed E-state index contributed by atoms with van der Waals surface area (Å²) in [7, 11) is 0. The number of amides is 2. The van der Waals surface area contributed by atoms with Crippen LogP contribution in [0.5, 0.6) is 6.01 Å². The number of aryl methyl sites for hydroxylation is 1. The number of hydrogen-bond acceptors (Lipinski definition) is 4. The van der Waals surface area contributed by atoms with E-state index in [1.165, 1.54) is 0 Å². The van der Waals surface area contributed by atoms with Gasteiger partial charge in [0, 0.05) is 25.5 Å². The van der Waals surface area contributed by atoms with Gasteiger partial charge in [-0.05, 0) is 24.8 Å². The molecule has 1 aliphatic heterocycles. The van der Waals surface area contributed by atoms with Crippen LogP contribution < -0.4 is 10.1 Å². The number of rotatable bonds is 5. The summed E-state index contributed by atoms with van der Waals surface area (Å²) in [4.78, 5) is 22.1. The summed E-state index contributed by atoms with van der Waals surface area (Å²) in [6, 6.07) is 0.302. The minimum Gasteiger partial charge on any atom is -0.458 e. The second-order valence-corrected chi connectivity index (χ2v) is 5.03. The van der Waals surface area contributed by atoms with Gasteiger partial charge in [-0.1, -0.05) is 13.0 Å². The molecule has 1 saturated heterocycles. The second-order valence-electron chi connectivity index (χ2n) is 5.03. The van der Waals surface area contributed by atoms with Gasteiger partial charge in [0.15, 0.2) is 0 Å². The highest BCUT2D eigenvalue weighted by molar-refractivity contribution is 5.74. The van der Waals surface area contributed by atoms with E-state index in [2.05, 4.69) is 28.8 Å². The molecule has 1 N–H and O–H groups in total. The van der Waals surface area contributed by atoms with Gasteiger partial charge in [-0.3, -0.25) is 0 Å². The van der Waals surface area contributed by atoms with Gasteiger partial charge in [-0.25, -0.2) is 14.8 Å². The van der Waals surface area contributed by atoms with Crippen LogP contribution in [-0.2, 0) is 6.42 Å². The number of carbonyl (C=O) groups is 1. The molecule has 0 radical (unpaired) electrons. The average molecular weight is 290 g/mol. The van der Waals surface area contributed by atoms with Crippen molar-refractivity contribution >= 4 is 6.03 Å². The molecule has 2 rings (SSSR count). The Kier molecular flexibility index (Phi) is 5.54. The monoisotopic (exact) mass is 290 g/mol. The van der Waals surface area contributed by atoms with E-state index in [4.69, 9.17) is 4.74 Å². The number of ether oxygens (including phenoxy) is 1. The third kappa shape index (κ3) is 4.44. The lowest BCUT2D eigenvalue weighted by atomic mass is 10.1. The standard InChI is InChI=1S/C15H22N4O2/c1-3-7-16-15(20)19-8-5-6-13(11-19)21-14-17-9-12(4-2)10-18-14/h3,9-10,13H,1,4-8,11H2,2H3,(H,16,20). The molecule has 114 valence electrons. The molecule has 1 fully saturated rings. The van der Waals surface area contributed by atoms with Gasteiger partial charge in [0.05, 0.1) is 6.54 Å². The van der Waals surface area contributed by atoms with Crippen molar-refractivity contribution in [1.82, 2.24) is 20.2 Å². The summed E-state index contributed by atoms with van der Waals surface area (Å²) >= 11 is 0. The Labute approximate surface area is 125 Å². The minimum absolute atomic E-state index is 0.0549. The minimum atomic E-state index is -0.0783. The van der Waals surface area contributed by atoms with E-state index < -0.39 is 0 Å². The van der Waals surface area contributed by atoms with E-state index in [0.717, 1.165) is 31.4 Å². The number of aromatic nitrogens is 2. The summed E-state index contributed by atoms with van der Waals surface area (Å²) in [5, 5.41) is 2.78. The van der Waals surface area contributed by atoms with Crippen LogP contribution in [0.3, 0.4) is 0 Å². The predicted octanol–water partition coefficient (Wildman–Crippen LogP) is 1.78. The first-order chi connectivity index (χ1) is 10.2. The van der Waals surface area contributed by atoms with Crippen LogP contribution in [0.2, 0.25) is 0 Å². The van der Waals surface area contributed by atoms with Crippen LogP contribution in [0.25, 0.3) is 0 Å². The van der Waals surface area contributed by atoms with E-state index in [1.54, 1.807) is 23.4 Å². The lowest BCUT2D eigenvalue weighted by molar-refractivity contribution is 0.0942.